The average Bonchev–Trinajstić information content (AvgIpc) is 3.08. The summed E-state index contributed by atoms with van der Waals surface area (Å²) in [7, 11) is 0. The van der Waals surface area contributed by atoms with E-state index >= 15 is 0 Å². The standard InChI is InChI=1S/C16H13F3N2O6/c17-16(18,19)10-6-21(15(24)20-13(10)22)11-7-25-12(27-11)8-26-14(23)9-4-2-1-3-5-9/h1-6,11-12H,7-8H2,(H,20,22,24)/t11-,12-/m0/s1. The average molecular weight is 386 g/mol. The number of hydrogen-bond acceptors (Lipinski definition) is 6. The molecule has 0 amide bonds. The largest absolute Gasteiger partial charge is 0.457 e. The number of rotatable bonds is 4. The van der Waals surface area contributed by atoms with Crippen LogP contribution in [0.25, 0.3) is 0 Å². The number of halogens is 3. The molecule has 144 valence electrons. The van der Waals surface area contributed by atoms with E-state index in [1.54, 1.807) is 35.3 Å². The quantitative estimate of drug-likeness (QED) is 0.795. The van der Waals surface area contributed by atoms with E-state index in [4.69, 9.17) is 14.2 Å². The Hall–Kier alpha value is -2.92. The van der Waals surface area contributed by atoms with Crippen molar-refractivity contribution in [2.24, 2.45) is 0 Å². The van der Waals surface area contributed by atoms with Gasteiger partial charge in [-0.2, -0.15) is 13.2 Å². The number of nitrogens with zero attached hydrogens (tertiary/aromatic N) is 1. The number of esters is 1. The van der Waals surface area contributed by atoms with Crippen LogP contribution in [0.5, 0.6) is 0 Å². The summed E-state index contributed by atoms with van der Waals surface area (Å²) in [4.78, 5) is 36.5. The van der Waals surface area contributed by atoms with Gasteiger partial charge in [0.05, 0.1) is 12.2 Å². The molecule has 0 bridgehead atoms. The number of benzene rings is 1. The summed E-state index contributed by atoms with van der Waals surface area (Å²) in [5, 5.41) is 0. The molecule has 1 N–H and O–H groups in total. The van der Waals surface area contributed by atoms with Gasteiger partial charge in [-0.25, -0.2) is 9.59 Å². The van der Waals surface area contributed by atoms with E-state index in [2.05, 4.69) is 0 Å². The number of H-pyrrole nitrogens is 1. The Morgan fingerprint density at radius 3 is 2.63 bits per heavy atom. The zero-order valence-corrected chi connectivity index (χ0v) is 13.6. The Kier molecular flexibility index (Phi) is 5.15. The highest BCUT2D eigenvalue weighted by molar-refractivity contribution is 5.89. The summed E-state index contributed by atoms with van der Waals surface area (Å²) in [6.07, 6.45) is -6.85. The molecular weight excluding hydrogens is 373 g/mol. The van der Waals surface area contributed by atoms with Crippen molar-refractivity contribution >= 4 is 5.97 Å². The first kappa shape index (κ1) is 18.9. The third-order valence-electron chi connectivity index (χ3n) is 3.68. The maximum atomic E-state index is 12.8. The van der Waals surface area contributed by atoms with Crippen LogP contribution >= 0.6 is 0 Å². The minimum absolute atomic E-state index is 0.267. The Morgan fingerprint density at radius 2 is 1.96 bits per heavy atom. The number of hydrogen-bond donors (Lipinski definition) is 1. The summed E-state index contributed by atoms with van der Waals surface area (Å²) >= 11 is 0. The zero-order valence-electron chi connectivity index (χ0n) is 13.6. The Morgan fingerprint density at radius 1 is 1.26 bits per heavy atom. The second-order valence-electron chi connectivity index (χ2n) is 5.53. The second kappa shape index (κ2) is 7.37. The molecule has 2 atom stereocenters. The second-order valence-corrected chi connectivity index (χ2v) is 5.53. The van der Waals surface area contributed by atoms with Gasteiger partial charge in [-0.15, -0.1) is 0 Å². The van der Waals surface area contributed by atoms with Crippen LogP contribution in [0.15, 0.2) is 46.1 Å². The summed E-state index contributed by atoms with van der Waals surface area (Å²) in [5.74, 6) is -0.633. The van der Waals surface area contributed by atoms with E-state index in [0.717, 1.165) is 0 Å². The summed E-state index contributed by atoms with van der Waals surface area (Å²) in [6, 6.07) is 8.10. The number of aromatic nitrogens is 2. The topological polar surface area (TPSA) is 99.6 Å². The highest BCUT2D eigenvalue weighted by Crippen LogP contribution is 2.27. The first-order chi connectivity index (χ1) is 12.8. The molecule has 1 aromatic heterocycles. The monoisotopic (exact) mass is 386 g/mol. The third-order valence-corrected chi connectivity index (χ3v) is 3.68. The van der Waals surface area contributed by atoms with Gasteiger partial charge in [-0.05, 0) is 12.1 Å². The van der Waals surface area contributed by atoms with Gasteiger partial charge in [-0.3, -0.25) is 14.3 Å². The van der Waals surface area contributed by atoms with E-state index < -0.39 is 41.5 Å². The SMILES string of the molecule is O=C(OC[C@H]1OC[C@@H](n2cc(C(F)(F)F)c(=O)[nH]c2=O)O1)c1ccccc1. The Bertz CT molecular complexity index is 938. The predicted octanol–water partition coefficient (Wildman–Crippen LogP) is 1.28. The number of alkyl halides is 3. The summed E-state index contributed by atoms with van der Waals surface area (Å²) < 4.78 is 54.6. The van der Waals surface area contributed by atoms with Gasteiger partial charge in [-0.1, -0.05) is 18.2 Å². The van der Waals surface area contributed by atoms with Crippen LogP contribution in [0.3, 0.4) is 0 Å². The first-order valence-electron chi connectivity index (χ1n) is 7.67. The molecule has 0 saturated carbocycles. The van der Waals surface area contributed by atoms with Crippen LogP contribution in [-0.2, 0) is 20.4 Å². The van der Waals surface area contributed by atoms with E-state index in [-0.39, 0.29) is 13.2 Å². The maximum absolute atomic E-state index is 12.8. The number of carbonyl (C=O) groups excluding carboxylic acids is 1. The molecule has 11 heteroatoms. The molecule has 1 aliphatic heterocycles. The van der Waals surface area contributed by atoms with Gasteiger partial charge in [0.15, 0.2) is 12.5 Å². The van der Waals surface area contributed by atoms with Crippen molar-refractivity contribution in [2.75, 3.05) is 13.2 Å². The normalized spacial score (nSPS) is 19.8. The van der Waals surface area contributed by atoms with Crippen LogP contribution in [0.2, 0.25) is 0 Å². The van der Waals surface area contributed by atoms with Crippen molar-refractivity contribution in [3.63, 3.8) is 0 Å². The molecule has 1 fully saturated rings. The van der Waals surface area contributed by atoms with Gasteiger partial charge in [0.1, 0.15) is 12.2 Å². The van der Waals surface area contributed by atoms with Crippen molar-refractivity contribution in [3.05, 3.63) is 68.5 Å². The Labute approximate surface area is 149 Å². The molecule has 1 aliphatic rings. The van der Waals surface area contributed by atoms with Crippen LogP contribution < -0.4 is 11.2 Å². The molecular formula is C16H13F3N2O6. The molecule has 1 aromatic carbocycles. The molecule has 0 radical (unpaired) electrons. The van der Waals surface area contributed by atoms with E-state index in [9.17, 15) is 27.6 Å². The lowest BCUT2D eigenvalue weighted by atomic mass is 10.2. The molecule has 0 aliphatic carbocycles. The van der Waals surface area contributed by atoms with Crippen LogP contribution in [0, 0.1) is 0 Å². The molecule has 1 saturated heterocycles. The smallest absolute Gasteiger partial charge is 0.423 e. The van der Waals surface area contributed by atoms with Crippen LogP contribution in [-0.4, -0.2) is 35.0 Å². The molecule has 0 unspecified atom stereocenters. The summed E-state index contributed by atoms with van der Waals surface area (Å²) in [5.41, 5.74) is -3.86. The molecule has 27 heavy (non-hydrogen) atoms. The van der Waals surface area contributed by atoms with Crippen molar-refractivity contribution in [2.45, 2.75) is 18.7 Å². The van der Waals surface area contributed by atoms with Crippen molar-refractivity contribution in [3.8, 4) is 0 Å². The fourth-order valence-electron chi connectivity index (χ4n) is 2.38. The predicted molar refractivity (Wildman–Crippen MR) is 82.9 cm³/mol. The summed E-state index contributed by atoms with van der Waals surface area (Å²) in [6.45, 7) is -0.592. The van der Waals surface area contributed by atoms with Gasteiger partial charge < -0.3 is 14.2 Å². The van der Waals surface area contributed by atoms with Gasteiger partial charge in [0.25, 0.3) is 5.56 Å². The maximum Gasteiger partial charge on any atom is 0.423 e. The molecule has 2 aromatic rings. The third kappa shape index (κ3) is 4.26. The number of ether oxygens (including phenoxy) is 3. The zero-order chi connectivity index (χ0) is 19.6. The highest BCUT2D eigenvalue weighted by Gasteiger charge is 2.37. The molecule has 2 heterocycles. The Balaban J connectivity index is 1.67. The first-order valence-corrected chi connectivity index (χ1v) is 7.67. The van der Waals surface area contributed by atoms with Gasteiger partial charge >= 0.3 is 17.8 Å². The number of carbonyl (C=O) groups is 1. The lowest BCUT2D eigenvalue weighted by molar-refractivity contribution is -0.139. The minimum atomic E-state index is -4.94. The molecule has 0 spiro atoms. The molecule has 3 rings (SSSR count). The van der Waals surface area contributed by atoms with Crippen molar-refractivity contribution < 1.29 is 32.2 Å². The lowest BCUT2D eigenvalue weighted by Crippen LogP contribution is -2.37. The fraction of sp³-hybridized carbons (Fsp3) is 0.312. The fourth-order valence-corrected chi connectivity index (χ4v) is 2.38. The lowest BCUT2D eigenvalue weighted by Gasteiger charge is -2.15. The van der Waals surface area contributed by atoms with Gasteiger partial charge in [0, 0.05) is 6.20 Å². The van der Waals surface area contributed by atoms with Crippen LogP contribution in [0.1, 0.15) is 22.1 Å². The van der Waals surface area contributed by atoms with Crippen molar-refractivity contribution in [1.29, 1.82) is 0 Å². The van der Waals surface area contributed by atoms with Crippen LogP contribution in [0.4, 0.5) is 13.2 Å². The highest BCUT2D eigenvalue weighted by atomic mass is 19.4. The molecule has 8 nitrogen and oxygen atoms in total. The van der Waals surface area contributed by atoms with Gasteiger partial charge in [0.2, 0.25) is 0 Å². The van der Waals surface area contributed by atoms with E-state index in [1.165, 1.54) is 0 Å². The number of aromatic amines is 1. The van der Waals surface area contributed by atoms with E-state index in [1.807, 2.05) is 0 Å². The van der Waals surface area contributed by atoms with E-state index in [0.29, 0.717) is 16.3 Å². The number of nitrogens with one attached hydrogen (secondary N) is 1. The van der Waals surface area contributed by atoms with Crippen molar-refractivity contribution in [1.82, 2.24) is 9.55 Å². The minimum Gasteiger partial charge on any atom is -0.457 e.